The quantitative estimate of drug-likeness (QED) is 0.730. The zero-order chi connectivity index (χ0) is 15.0. The van der Waals surface area contributed by atoms with Crippen LogP contribution in [0.1, 0.15) is 59.8 Å². The van der Waals surface area contributed by atoms with Crippen LogP contribution in [-0.4, -0.2) is 48.7 Å². The number of hydrogen-bond acceptors (Lipinski definition) is 4. The van der Waals surface area contributed by atoms with E-state index in [1.54, 1.807) is 0 Å². The third-order valence-corrected chi connectivity index (χ3v) is 4.20. The van der Waals surface area contributed by atoms with Gasteiger partial charge in [-0.15, -0.1) is 0 Å². The van der Waals surface area contributed by atoms with Crippen molar-refractivity contribution in [3.05, 3.63) is 0 Å². The van der Waals surface area contributed by atoms with E-state index in [1.165, 1.54) is 25.7 Å². The van der Waals surface area contributed by atoms with Gasteiger partial charge in [-0.3, -0.25) is 9.69 Å². The Hall–Kier alpha value is -0.610. The first kappa shape index (κ1) is 17.4. The fourth-order valence-corrected chi connectivity index (χ4v) is 2.86. The summed E-state index contributed by atoms with van der Waals surface area (Å²) in [7, 11) is 0. The number of hydrogen-bond donors (Lipinski definition) is 1. The summed E-state index contributed by atoms with van der Waals surface area (Å²) in [5.41, 5.74) is -0.593. The van der Waals surface area contributed by atoms with Gasteiger partial charge in [-0.2, -0.15) is 0 Å². The van der Waals surface area contributed by atoms with Crippen LogP contribution in [0.2, 0.25) is 0 Å². The second-order valence-electron chi connectivity index (χ2n) is 6.15. The van der Waals surface area contributed by atoms with E-state index in [1.807, 2.05) is 13.8 Å². The first-order valence-electron chi connectivity index (χ1n) is 8.19. The van der Waals surface area contributed by atoms with E-state index >= 15 is 0 Å². The third kappa shape index (κ3) is 5.06. The van der Waals surface area contributed by atoms with Crippen molar-refractivity contribution in [2.24, 2.45) is 0 Å². The molecular formula is C16H32N2O2. The van der Waals surface area contributed by atoms with E-state index in [-0.39, 0.29) is 5.97 Å². The molecule has 1 aliphatic heterocycles. The second kappa shape index (κ2) is 8.63. The molecule has 118 valence electrons. The number of esters is 1. The number of likely N-dealkylation sites (tertiary alicyclic amines) is 1. The largest absolute Gasteiger partial charge is 0.465 e. The van der Waals surface area contributed by atoms with Crippen LogP contribution in [-0.2, 0) is 9.53 Å². The maximum absolute atomic E-state index is 12.3. The minimum absolute atomic E-state index is 0.120. The smallest absolute Gasteiger partial charge is 0.327 e. The Morgan fingerprint density at radius 2 is 2.10 bits per heavy atom. The molecule has 0 aliphatic carbocycles. The van der Waals surface area contributed by atoms with Gasteiger partial charge in [-0.05, 0) is 53.1 Å². The lowest BCUT2D eigenvalue weighted by Crippen LogP contribution is -2.59. The average molecular weight is 284 g/mol. The molecule has 1 aliphatic rings. The lowest BCUT2D eigenvalue weighted by atomic mass is 10.00. The third-order valence-electron chi connectivity index (χ3n) is 4.20. The van der Waals surface area contributed by atoms with Crippen molar-refractivity contribution in [2.45, 2.75) is 71.4 Å². The molecule has 0 radical (unpaired) electrons. The van der Waals surface area contributed by atoms with Crippen molar-refractivity contribution >= 4 is 5.97 Å². The van der Waals surface area contributed by atoms with Gasteiger partial charge in [0.2, 0.25) is 0 Å². The Bertz CT molecular complexity index is 296. The monoisotopic (exact) mass is 284 g/mol. The number of carbonyl (C=O) groups is 1. The van der Waals surface area contributed by atoms with Gasteiger partial charge in [-0.1, -0.05) is 19.8 Å². The summed E-state index contributed by atoms with van der Waals surface area (Å²) in [4.78, 5) is 14.8. The highest BCUT2D eigenvalue weighted by molar-refractivity contribution is 5.80. The van der Waals surface area contributed by atoms with Gasteiger partial charge in [0.15, 0.2) is 0 Å². The molecule has 0 aromatic heterocycles. The topological polar surface area (TPSA) is 41.6 Å². The van der Waals surface area contributed by atoms with Crippen LogP contribution in [0, 0.1) is 0 Å². The fourth-order valence-electron chi connectivity index (χ4n) is 2.86. The van der Waals surface area contributed by atoms with Gasteiger partial charge in [0.05, 0.1) is 6.61 Å². The molecule has 0 spiro atoms. The van der Waals surface area contributed by atoms with Gasteiger partial charge in [0, 0.05) is 12.6 Å². The molecule has 1 saturated heterocycles. The molecule has 1 heterocycles. The van der Waals surface area contributed by atoms with Crippen molar-refractivity contribution < 1.29 is 9.53 Å². The van der Waals surface area contributed by atoms with Crippen molar-refractivity contribution in [1.82, 2.24) is 10.2 Å². The molecule has 1 N–H and O–H groups in total. The van der Waals surface area contributed by atoms with Crippen LogP contribution in [0.15, 0.2) is 0 Å². The van der Waals surface area contributed by atoms with E-state index in [4.69, 9.17) is 4.74 Å². The van der Waals surface area contributed by atoms with E-state index < -0.39 is 5.54 Å². The summed E-state index contributed by atoms with van der Waals surface area (Å²) < 4.78 is 5.28. The molecular weight excluding hydrogens is 252 g/mol. The number of ether oxygens (including phenoxy) is 1. The number of nitrogens with one attached hydrogen (secondary N) is 1. The van der Waals surface area contributed by atoms with E-state index in [9.17, 15) is 4.79 Å². The summed E-state index contributed by atoms with van der Waals surface area (Å²) in [6, 6.07) is 0.551. The highest BCUT2D eigenvalue weighted by Crippen LogP contribution is 2.20. The van der Waals surface area contributed by atoms with Crippen LogP contribution < -0.4 is 5.32 Å². The molecule has 4 heteroatoms. The highest BCUT2D eigenvalue weighted by atomic mass is 16.5. The Kier molecular flexibility index (Phi) is 7.52. The minimum Gasteiger partial charge on any atom is -0.465 e. The normalized spacial score (nSPS) is 23.9. The van der Waals surface area contributed by atoms with Crippen LogP contribution in [0.25, 0.3) is 0 Å². The van der Waals surface area contributed by atoms with Crippen molar-refractivity contribution in [3.8, 4) is 0 Å². The maximum Gasteiger partial charge on any atom is 0.327 e. The predicted molar refractivity (Wildman–Crippen MR) is 82.8 cm³/mol. The molecule has 0 aromatic carbocycles. The van der Waals surface area contributed by atoms with E-state index in [2.05, 4.69) is 24.1 Å². The summed E-state index contributed by atoms with van der Waals surface area (Å²) in [6.07, 6.45) is 6.09. The first-order valence-corrected chi connectivity index (χ1v) is 8.19. The lowest BCUT2D eigenvalue weighted by Gasteiger charge is -2.36. The molecule has 4 nitrogen and oxygen atoms in total. The van der Waals surface area contributed by atoms with Crippen LogP contribution >= 0.6 is 0 Å². The first-order chi connectivity index (χ1) is 9.53. The zero-order valence-corrected chi connectivity index (χ0v) is 13.7. The minimum atomic E-state index is -0.593. The Balaban J connectivity index is 2.73. The Labute approximate surface area is 124 Å². The maximum atomic E-state index is 12.3. The Morgan fingerprint density at radius 3 is 2.75 bits per heavy atom. The van der Waals surface area contributed by atoms with Crippen molar-refractivity contribution in [3.63, 3.8) is 0 Å². The average Bonchev–Trinajstić information content (AvgIpc) is 2.62. The molecule has 20 heavy (non-hydrogen) atoms. The fraction of sp³-hybridized carbons (Fsp3) is 0.938. The van der Waals surface area contributed by atoms with Crippen LogP contribution in [0.3, 0.4) is 0 Å². The predicted octanol–water partition coefficient (Wildman–Crippen LogP) is 2.57. The van der Waals surface area contributed by atoms with Gasteiger partial charge < -0.3 is 10.1 Å². The van der Waals surface area contributed by atoms with E-state index in [0.717, 1.165) is 26.1 Å². The number of carbonyl (C=O) groups excluding carboxylic acids is 1. The molecule has 0 amide bonds. The van der Waals surface area contributed by atoms with Gasteiger partial charge in [0.1, 0.15) is 5.54 Å². The SMILES string of the molecule is CCCNC(C)(CN1CCCCCC1C)C(=O)OCC. The second-order valence-corrected chi connectivity index (χ2v) is 6.15. The van der Waals surface area contributed by atoms with Crippen LogP contribution in [0.4, 0.5) is 0 Å². The molecule has 1 fully saturated rings. The Morgan fingerprint density at radius 1 is 1.35 bits per heavy atom. The van der Waals surface area contributed by atoms with Gasteiger partial charge >= 0.3 is 5.97 Å². The van der Waals surface area contributed by atoms with E-state index in [0.29, 0.717) is 12.6 Å². The zero-order valence-electron chi connectivity index (χ0n) is 13.7. The summed E-state index contributed by atoms with van der Waals surface area (Å²) in [5.74, 6) is -0.120. The van der Waals surface area contributed by atoms with Crippen molar-refractivity contribution in [1.29, 1.82) is 0 Å². The molecule has 2 unspecified atom stereocenters. The van der Waals surface area contributed by atoms with Gasteiger partial charge in [0.25, 0.3) is 0 Å². The summed E-state index contributed by atoms with van der Waals surface area (Å²) >= 11 is 0. The molecule has 0 saturated carbocycles. The highest BCUT2D eigenvalue weighted by Gasteiger charge is 2.37. The summed E-state index contributed by atoms with van der Waals surface area (Å²) in [5, 5.41) is 3.40. The lowest BCUT2D eigenvalue weighted by molar-refractivity contribution is -0.151. The standard InChI is InChI=1S/C16H32N2O2/c1-5-11-17-16(4,15(19)20-6-2)13-18-12-9-7-8-10-14(18)3/h14,17H,5-13H2,1-4H3. The summed E-state index contributed by atoms with van der Waals surface area (Å²) in [6.45, 7) is 11.4. The van der Waals surface area contributed by atoms with Crippen LogP contribution in [0.5, 0.6) is 0 Å². The van der Waals surface area contributed by atoms with Crippen molar-refractivity contribution in [2.75, 3.05) is 26.2 Å². The molecule has 2 atom stereocenters. The number of nitrogens with zero attached hydrogens (tertiary/aromatic N) is 1. The molecule has 1 rings (SSSR count). The molecule has 0 aromatic rings. The van der Waals surface area contributed by atoms with Gasteiger partial charge in [-0.25, -0.2) is 0 Å². The molecule has 0 bridgehead atoms. The number of rotatable bonds is 7.